The van der Waals surface area contributed by atoms with Crippen molar-refractivity contribution in [3.8, 4) is 0 Å². The van der Waals surface area contributed by atoms with Gasteiger partial charge in [0.2, 0.25) is 10.0 Å². The van der Waals surface area contributed by atoms with Crippen LogP contribution in [-0.4, -0.2) is 44.9 Å². The molecular formula is C23H31N3O4S. The Morgan fingerprint density at radius 1 is 1.06 bits per heavy atom. The van der Waals surface area contributed by atoms with Crippen LogP contribution in [0.15, 0.2) is 42.5 Å². The summed E-state index contributed by atoms with van der Waals surface area (Å²) in [5.41, 5.74) is 3.71. The van der Waals surface area contributed by atoms with E-state index in [1.165, 1.54) is 0 Å². The van der Waals surface area contributed by atoms with E-state index in [9.17, 15) is 13.2 Å². The molecule has 1 aliphatic rings. The number of nitrogens with one attached hydrogen (secondary N) is 2. The second-order valence-corrected chi connectivity index (χ2v) is 10.6. The van der Waals surface area contributed by atoms with E-state index < -0.39 is 15.3 Å². The van der Waals surface area contributed by atoms with E-state index in [-0.39, 0.29) is 18.1 Å². The monoisotopic (exact) mass is 445 g/mol. The van der Waals surface area contributed by atoms with Crippen LogP contribution in [0.25, 0.3) is 0 Å². The van der Waals surface area contributed by atoms with E-state index in [0.717, 1.165) is 30.0 Å². The number of carbonyl (C=O) groups is 1. The van der Waals surface area contributed by atoms with Crippen molar-refractivity contribution < 1.29 is 17.9 Å². The topological polar surface area (TPSA) is 87.7 Å². The van der Waals surface area contributed by atoms with Gasteiger partial charge in [0.05, 0.1) is 17.5 Å². The number of nitrogens with zero attached hydrogens (tertiary/aromatic N) is 1. The quantitative estimate of drug-likeness (QED) is 0.701. The minimum absolute atomic E-state index is 0.177. The van der Waals surface area contributed by atoms with Gasteiger partial charge in [-0.15, -0.1) is 0 Å². The molecule has 2 aromatic rings. The van der Waals surface area contributed by atoms with Crippen LogP contribution in [-0.2, 0) is 14.8 Å². The molecule has 0 unspecified atom stereocenters. The maximum absolute atomic E-state index is 12.7. The van der Waals surface area contributed by atoms with Gasteiger partial charge >= 0.3 is 0 Å². The average Bonchev–Trinajstić information content (AvgIpc) is 2.69. The number of amides is 1. The summed E-state index contributed by atoms with van der Waals surface area (Å²) in [6, 6.07) is 12.4. The molecule has 2 aromatic carbocycles. The Balaban J connectivity index is 1.68. The highest BCUT2D eigenvalue weighted by atomic mass is 32.2. The van der Waals surface area contributed by atoms with Gasteiger partial charge < -0.3 is 15.0 Å². The summed E-state index contributed by atoms with van der Waals surface area (Å²) in [5, 5.41) is 2.40. The van der Waals surface area contributed by atoms with Crippen molar-refractivity contribution in [1.29, 1.82) is 0 Å². The highest BCUT2D eigenvalue weighted by Crippen LogP contribution is 2.26. The number of sulfonamides is 1. The fourth-order valence-corrected chi connectivity index (χ4v) is 4.24. The normalized spacial score (nSPS) is 19.4. The number of rotatable bonds is 6. The summed E-state index contributed by atoms with van der Waals surface area (Å²) in [7, 11) is -3.42. The summed E-state index contributed by atoms with van der Waals surface area (Å²) in [4.78, 5) is 15.0. The molecule has 1 fully saturated rings. The Kier molecular flexibility index (Phi) is 6.91. The van der Waals surface area contributed by atoms with Crippen LogP contribution in [0.1, 0.15) is 43.6 Å². The Bertz CT molecular complexity index is 1030. The first-order valence-corrected chi connectivity index (χ1v) is 12.0. The summed E-state index contributed by atoms with van der Waals surface area (Å²) in [6.07, 6.45) is 0.354. The van der Waals surface area contributed by atoms with Crippen LogP contribution >= 0.6 is 0 Å². The highest BCUT2D eigenvalue weighted by Gasteiger charge is 2.23. The molecule has 1 saturated heterocycles. The number of aryl methyl sites for hydroxylation is 1. The second kappa shape index (κ2) is 9.28. The molecule has 1 aliphatic heterocycles. The van der Waals surface area contributed by atoms with Gasteiger partial charge in [-0.25, -0.2) is 8.42 Å². The average molecular weight is 446 g/mol. The lowest BCUT2D eigenvalue weighted by molar-refractivity contribution is -0.00522. The molecule has 0 radical (unpaired) electrons. The van der Waals surface area contributed by atoms with Gasteiger partial charge in [0.25, 0.3) is 5.91 Å². The molecule has 1 heterocycles. The molecule has 0 spiro atoms. The lowest BCUT2D eigenvalue weighted by Gasteiger charge is -2.37. The third-order valence-corrected chi connectivity index (χ3v) is 7.03. The summed E-state index contributed by atoms with van der Waals surface area (Å²) < 4.78 is 32.3. The Morgan fingerprint density at radius 2 is 1.68 bits per heavy atom. The molecule has 7 nitrogen and oxygen atoms in total. The lowest BCUT2D eigenvalue weighted by atomic mass is 10.1. The van der Waals surface area contributed by atoms with Crippen molar-refractivity contribution in [2.45, 2.75) is 52.1 Å². The number of carbonyl (C=O) groups excluding carboxylic acids is 1. The van der Waals surface area contributed by atoms with Gasteiger partial charge in [-0.05, 0) is 82.6 Å². The fraction of sp³-hybridized carbons (Fsp3) is 0.435. The molecule has 168 valence electrons. The number of hydrogen-bond donors (Lipinski definition) is 2. The molecule has 0 bridgehead atoms. The largest absolute Gasteiger partial charge is 0.372 e. The molecule has 2 N–H and O–H groups in total. The number of anilines is 3. The van der Waals surface area contributed by atoms with Crippen molar-refractivity contribution in [2.75, 3.05) is 28.0 Å². The standard InChI is InChI=1S/C23H31N3O4S/c1-15(2)31(28,29)25-20-8-6-19(7-9-20)23(27)24-22-11-10-21(12-16(22)3)26-13-17(4)30-18(5)14-26/h6-12,15,17-18,25H,13-14H2,1-5H3,(H,24,27)/t17-,18+. The van der Waals surface area contributed by atoms with Gasteiger partial charge in [-0.2, -0.15) is 0 Å². The van der Waals surface area contributed by atoms with Gasteiger partial charge in [0.15, 0.2) is 0 Å². The van der Waals surface area contributed by atoms with Crippen LogP contribution in [0, 0.1) is 6.92 Å². The third-order valence-electron chi connectivity index (χ3n) is 5.27. The van der Waals surface area contributed by atoms with Crippen LogP contribution in [0.5, 0.6) is 0 Å². The molecule has 3 rings (SSSR count). The third kappa shape index (κ3) is 5.77. The number of ether oxygens (including phenoxy) is 1. The second-order valence-electron chi connectivity index (χ2n) is 8.39. The molecule has 8 heteroatoms. The van der Waals surface area contributed by atoms with E-state index in [2.05, 4.69) is 34.9 Å². The minimum Gasteiger partial charge on any atom is -0.372 e. The Morgan fingerprint density at radius 3 is 2.23 bits per heavy atom. The summed E-state index contributed by atoms with van der Waals surface area (Å²) >= 11 is 0. The SMILES string of the molecule is Cc1cc(N2C[C@@H](C)O[C@@H](C)C2)ccc1NC(=O)c1ccc(NS(=O)(=O)C(C)C)cc1. The predicted molar refractivity (Wildman–Crippen MR) is 125 cm³/mol. The number of benzene rings is 2. The van der Waals surface area contributed by atoms with Gasteiger partial charge in [-0.1, -0.05) is 0 Å². The van der Waals surface area contributed by atoms with E-state index >= 15 is 0 Å². The first-order valence-electron chi connectivity index (χ1n) is 10.5. The molecule has 2 atom stereocenters. The van der Waals surface area contributed by atoms with Crippen molar-refractivity contribution in [1.82, 2.24) is 0 Å². The molecule has 0 aromatic heterocycles. The van der Waals surface area contributed by atoms with Crippen LogP contribution in [0.3, 0.4) is 0 Å². The van der Waals surface area contributed by atoms with Crippen LogP contribution in [0.2, 0.25) is 0 Å². The van der Waals surface area contributed by atoms with Crippen molar-refractivity contribution in [3.63, 3.8) is 0 Å². The first kappa shape index (κ1) is 23.1. The van der Waals surface area contributed by atoms with Crippen molar-refractivity contribution >= 4 is 33.0 Å². The molecule has 31 heavy (non-hydrogen) atoms. The fourth-order valence-electron chi connectivity index (χ4n) is 3.54. The van der Waals surface area contributed by atoms with Gasteiger partial charge in [0.1, 0.15) is 0 Å². The molecule has 0 saturated carbocycles. The Hall–Kier alpha value is -2.58. The van der Waals surface area contributed by atoms with E-state index in [4.69, 9.17) is 4.74 Å². The van der Waals surface area contributed by atoms with Crippen molar-refractivity contribution in [2.24, 2.45) is 0 Å². The zero-order valence-electron chi connectivity index (χ0n) is 18.7. The molecule has 1 amide bonds. The van der Waals surface area contributed by atoms with E-state index in [1.54, 1.807) is 38.1 Å². The summed E-state index contributed by atoms with van der Waals surface area (Å²) in [5.74, 6) is -0.247. The minimum atomic E-state index is -3.42. The summed E-state index contributed by atoms with van der Waals surface area (Å²) in [6.45, 7) is 11.0. The number of hydrogen-bond acceptors (Lipinski definition) is 5. The zero-order chi connectivity index (χ0) is 22.8. The maximum atomic E-state index is 12.7. The van der Waals surface area contributed by atoms with E-state index in [1.807, 2.05) is 19.1 Å². The Labute approximate surface area is 184 Å². The molecular weight excluding hydrogens is 414 g/mol. The van der Waals surface area contributed by atoms with Crippen LogP contribution in [0.4, 0.5) is 17.1 Å². The van der Waals surface area contributed by atoms with Crippen LogP contribution < -0.4 is 14.9 Å². The lowest BCUT2D eigenvalue weighted by Crippen LogP contribution is -2.45. The first-order chi connectivity index (χ1) is 14.5. The highest BCUT2D eigenvalue weighted by molar-refractivity contribution is 7.93. The predicted octanol–water partition coefficient (Wildman–Crippen LogP) is 4.01. The number of morpholine rings is 1. The van der Waals surface area contributed by atoms with Gasteiger partial charge in [0, 0.05) is 35.7 Å². The van der Waals surface area contributed by atoms with Crippen molar-refractivity contribution in [3.05, 3.63) is 53.6 Å². The maximum Gasteiger partial charge on any atom is 0.255 e. The smallest absolute Gasteiger partial charge is 0.255 e. The molecule has 0 aliphatic carbocycles. The van der Waals surface area contributed by atoms with Gasteiger partial charge in [-0.3, -0.25) is 9.52 Å². The zero-order valence-corrected chi connectivity index (χ0v) is 19.5. The van der Waals surface area contributed by atoms with E-state index in [0.29, 0.717) is 11.3 Å².